The molecule has 32 heavy (non-hydrogen) atoms. The zero-order chi connectivity index (χ0) is 21.9. The van der Waals surface area contributed by atoms with Crippen LogP contribution in [0.25, 0.3) is 23.2 Å². The van der Waals surface area contributed by atoms with E-state index in [1.54, 1.807) is 6.08 Å². The minimum Gasteiger partial charge on any atom is -0.457 e. The number of aromatic nitrogens is 3. The zero-order valence-electron chi connectivity index (χ0n) is 16.7. The Morgan fingerprint density at radius 3 is 2.44 bits per heavy atom. The number of fused-ring (bicyclic) bond motifs is 1. The van der Waals surface area contributed by atoms with Crippen LogP contribution in [-0.2, 0) is 0 Å². The van der Waals surface area contributed by atoms with Crippen LogP contribution in [0.1, 0.15) is 17.0 Å². The molecule has 2 heterocycles. The minimum absolute atomic E-state index is 0.196. The van der Waals surface area contributed by atoms with E-state index in [1.807, 2.05) is 91.0 Å². The van der Waals surface area contributed by atoms with E-state index in [4.69, 9.17) is 16.3 Å². The van der Waals surface area contributed by atoms with Gasteiger partial charge in [-0.15, -0.1) is 5.10 Å². The second-order valence-electron chi connectivity index (χ2n) is 6.95. The van der Waals surface area contributed by atoms with Gasteiger partial charge in [-0.05, 0) is 59.7 Å². The van der Waals surface area contributed by atoms with Crippen LogP contribution in [0.5, 0.6) is 11.5 Å². The highest BCUT2D eigenvalue weighted by Crippen LogP contribution is 2.22. The summed E-state index contributed by atoms with van der Waals surface area (Å²) >= 11 is 7.21. The fourth-order valence-corrected chi connectivity index (χ4v) is 4.15. The second kappa shape index (κ2) is 8.78. The van der Waals surface area contributed by atoms with E-state index in [0.29, 0.717) is 26.1 Å². The van der Waals surface area contributed by atoms with Gasteiger partial charge in [-0.1, -0.05) is 71.5 Å². The molecule has 5 aromatic rings. The summed E-state index contributed by atoms with van der Waals surface area (Å²) in [7, 11) is 0. The third-order valence-corrected chi connectivity index (χ3v) is 5.84. The average molecular weight is 458 g/mol. The number of benzene rings is 3. The summed E-state index contributed by atoms with van der Waals surface area (Å²) in [6, 6.07) is 24.6. The molecule has 2 aromatic heterocycles. The summed E-state index contributed by atoms with van der Waals surface area (Å²) in [5, 5.41) is 5.01. The van der Waals surface area contributed by atoms with Crippen LogP contribution in [-0.4, -0.2) is 14.6 Å². The minimum atomic E-state index is -0.196. The van der Waals surface area contributed by atoms with E-state index < -0.39 is 0 Å². The average Bonchev–Trinajstić information content (AvgIpc) is 3.33. The maximum Gasteiger partial charge on any atom is 0.291 e. The van der Waals surface area contributed by atoms with Crippen LogP contribution in [0.3, 0.4) is 0 Å². The Bertz CT molecular complexity index is 1520. The van der Waals surface area contributed by atoms with Gasteiger partial charge < -0.3 is 4.74 Å². The quantitative estimate of drug-likeness (QED) is 0.358. The number of hydrogen-bond acceptors (Lipinski definition) is 5. The number of rotatable bonds is 5. The number of thiazole rings is 1. The van der Waals surface area contributed by atoms with Gasteiger partial charge in [0.25, 0.3) is 5.56 Å². The first-order chi connectivity index (χ1) is 15.6. The van der Waals surface area contributed by atoms with E-state index >= 15 is 0 Å². The van der Waals surface area contributed by atoms with Crippen molar-refractivity contribution in [2.75, 3.05) is 0 Å². The molecule has 0 saturated heterocycles. The molecule has 0 saturated carbocycles. The lowest BCUT2D eigenvalue weighted by atomic mass is 10.2. The van der Waals surface area contributed by atoms with Crippen molar-refractivity contribution < 1.29 is 4.74 Å². The number of para-hydroxylation sites is 1. The number of halogens is 1. The first-order valence-electron chi connectivity index (χ1n) is 9.82. The van der Waals surface area contributed by atoms with Crippen molar-refractivity contribution in [1.29, 1.82) is 0 Å². The lowest BCUT2D eigenvalue weighted by molar-refractivity contribution is 0.482. The summed E-state index contributed by atoms with van der Waals surface area (Å²) in [5.74, 6) is 1.94. The lowest BCUT2D eigenvalue weighted by Gasteiger charge is -2.05. The summed E-state index contributed by atoms with van der Waals surface area (Å²) in [6.07, 6.45) is 5.48. The highest BCUT2D eigenvalue weighted by molar-refractivity contribution is 7.15. The van der Waals surface area contributed by atoms with Crippen molar-refractivity contribution in [2.45, 2.75) is 0 Å². The molecular formula is C25H16ClN3O2S. The smallest absolute Gasteiger partial charge is 0.291 e. The van der Waals surface area contributed by atoms with Crippen LogP contribution < -0.4 is 14.8 Å². The molecule has 0 aliphatic heterocycles. The first-order valence-corrected chi connectivity index (χ1v) is 11.0. The predicted molar refractivity (Wildman–Crippen MR) is 129 cm³/mol. The van der Waals surface area contributed by atoms with Crippen LogP contribution in [0, 0.1) is 0 Å². The summed E-state index contributed by atoms with van der Waals surface area (Å²) in [6.45, 7) is 0. The highest BCUT2D eigenvalue weighted by atomic mass is 35.5. The molecule has 0 unspecified atom stereocenters. The fraction of sp³-hybridized carbons (Fsp3) is 0. The molecule has 5 rings (SSSR count). The molecule has 0 spiro atoms. The Labute approximate surface area is 192 Å². The van der Waals surface area contributed by atoms with E-state index in [1.165, 1.54) is 15.9 Å². The highest BCUT2D eigenvalue weighted by Gasteiger charge is 2.09. The van der Waals surface area contributed by atoms with Crippen molar-refractivity contribution >= 4 is 46.1 Å². The number of hydrogen-bond donors (Lipinski definition) is 0. The van der Waals surface area contributed by atoms with Gasteiger partial charge in [0.05, 0.1) is 4.53 Å². The molecule has 0 atom stereocenters. The standard InChI is InChI=1S/C25H16ClN3O2S/c26-19-12-9-17(10-13-19)11-14-23-27-25-29(28-23)24(30)22(32-25)16-18-5-4-8-21(15-18)31-20-6-2-1-3-7-20/h1-16H/b14-11+,22-16-. The van der Waals surface area contributed by atoms with Gasteiger partial charge >= 0.3 is 0 Å². The van der Waals surface area contributed by atoms with Gasteiger partial charge in [0.15, 0.2) is 5.82 Å². The van der Waals surface area contributed by atoms with Gasteiger partial charge in [0, 0.05) is 5.02 Å². The molecule has 7 heteroatoms. The maximum atomic E-state index is 12.8. The SMILES string of the molecule is O=c1/c(=C/c2cccc(Oc3ccccc3)c2)sc2nc(/C=C/c3ccc(Cl)cc3)nn12. The Hall–Kier alpha value is -3.74. The van der Waals surface area contributed by atoms with Crippen molar-refractivity contribution in [2.24, 2.45) is 0 Å². The molecule has 0 aliphatic carbocycles. The van der Waals surface area contributed by atoms with Crippen LogP contribution >= 0.6 is 22.9 Å². The van der Waals surface area contributed by atoms with Gasteiger partial charge in [-0.25, -0.2) is 0 Å². The second-order valence-corrected chi connectivity index (χ2v) is 8.40. The Kier molecular flexibility index (Phi) is 5.54. The lowest BCUT2D eigenvalue weighted by Crippen LogP contribution is -2.23. The molecule has 0 aliphatic rings. The topological polar surface area (TPSA) is 56.5 Å². The van der Waals surface area contributed by atoms with Crippen molar-refractivity contribution in [3.63, 3.8) is 0 Å². The Morgan fingerprint density at radius 2 is 1.66 bits per heavy atom. The van der Waals surface area contributed by atoms with Crippen molar-refractivity contribution in [3.8, 4) is 11.5 Å². The van der Waals surface area contributed by atoms with Crippen LogP contribution in [0.4, 0.5) is 0 Å². The van der Waals surface area contributed by atoms with Crippen molar-refractivity contribution in [3.05, 3.63) is 116 Å². The largest absolute Gasteiger partial charge is 0.457 e. The Morgan fingerprint density at radius 1 is 0.875 bits per heavy atom. The maximum absolute atomic E-state index is 12.8. The van der Waals surface area contributed by atoms with Gasteiger partial charge in [-0.3, -0.25) is 4.79 Å². The monoisotopic (exact) mass is 457 g/mol. The van der Waals surface area contributed by atoms with Crippen molar-refractivity contribution in [1.82, 2.24) is 14.6 Å². The summed E-state index contributed by atoms with van der Waals surface area (Å²) in [5.41, 5.74) is 1.64. The number of nitrogens with zero attached hydrogens (tertiary/aromatic N) is 3. The summed E-state index contributed by atoms with van der Waals surface area (Å²) < 4.78 is 7.77. The Balaban J connectivity index is 1.41. The van der Waals surface area contributed by atoms with E-state index in [2.05, 4.69) is 10.1 Å². The molecule has 0 bridgehead atoms. The first kappa shape index (κ1) is 20.2. The molecular weight excluding hydrogens is 442 g/mol. The van der Waals surface area contributed by atoms with Gasteiger partial charge in [0.1, 0.15) is 11.5 Å². The fourth-order valence-electron chi connectivity index (χ4n) is 3.11. The molecule has 5 nitrogen and oxygen atoms in total. The predicted octanol–water partition coefficient (Wildman–Crippen LogP) is 5.31. The molecule has 156 valence electrons. The van der Waals surface area contributed by atoms with E-state index in [9.17, 15) is 4.79 Å². The van der Waals surface area contributed by atoms with Gasteiger partial charge in [0.2, 0.25) is 4.96 Å². The summed E-state index contributed by atoms with van der Waals surface area (Å²) in [4.78, 5) is 17.8. The zero-order valence-corrected chi connectivity index (χ0v) is 18.3. The molecule has 3 aromatic carbocycles. The molecule has 0 radical (unpaired) electrons. The third kappa shape index (κ3) is 4.46. The number of ether oxygens (including phenoxy) is 1. The van der Waals surface area contributed by atoms with Crippen LogP contribution in [0.15, 0.2) is 83.7 Å². The van der Waals surface area contributed by atoms with E-state index in [0.717, 1.165) is 16.9 Å². The molecule has 0 fully saturated rings. The molecule has 0 amide bonds. The normalized spacial score (nSPS) is 12.1. The van der Waals surface area contributed by atoms with Crippen LogP contribution in [0.2, 0.25) is 5.02 Å². The molecule has 0 N–H and O–H groups in total. The van der Waals surface area contributed by atoms with Gasteiger partial charge in [-0.2, -0.15) is 9.50 Å². The third-order valence-electron chi connectivity index (χ3n) is 4.63. The van der Waals surface area contributed by atoms with E-state index in [-0.39, 0.29) is 5.56 Å².